The zero-order valence-corrected chi connectivity index (χ0v) is 16.6. The number of benzene rings is 2. The van der Waals surface area contributed by atoms with E-state index in [0.29, 0.717) is 36.6 Å². The zero-order chi connectivity index (χ0) is 20.5. The number of pyridine rings is 1. The number of hydrogen-bond donors (Lipinski definition) is 2. The van der Waals surface area contributed by atoms with Crippen molar-refractivity contribution >= 4 is 11.7 Å². The second kappa shape index (κ2) is 10.1. The van der Waals surface area contributed by atoms with Gasteiger partial charge in [-0.15, -0.1) is 0 Å². The fourth-order valence-electron chi connectivity index (χ4n) is 2.88. The highest BCUT2D eigenvalue weighted by Gasteiger charge is 2.08. The quantitative estimate of drug-likeness (QED) is 0.582. The molecule has 0 radical (unpaired) electrons. The van der Waals surface area contributed by atoms with Crippen molar-refractivity contribution in [2.45, 2.75) is 13.0 Å². The van der Waals surface area contributed by atoms with Crippen LogP contribution in [0.25, 0.3) is 0 Å². The van der Waals surface area contributed by atoms with Gasteiger partial charge in [-0.05, 0) is 41.8 Å². The van der Waals surface area contributed by atoms with E-state index in [1.807, 2.05) is 54.6 Å². The Kier molecular flexibility index (Phi) is 7.05. The van der Waals surface area contributed by atoms with Crippen LogP contribution >= 0.6 is 0 Å². The number of hydrogen-bond acceptors (Lipinski definition) is 5. The van der Waals surface area contributed by atoms with Gasteiger partial charge >= 0.3 is 0 Å². The standard InChI is InChI=1S/C23H25N3O3/c1-28-20-10-8-17(14-21(20)29-2)12-13-24-23(27)19-9-11-22(26-16-19)25-15-18-6-4-3-5-7-18/h3-11,14,16H,12-13,15H2,1-2H3,(H,24,27)(H,25,26). The van der Waals surface area contributed by atoms with E-state index in [0.717, 1.165) is 11.4 Å². The molecule has 3 rings (SSSR count). The normalized spacial score (nSPS) is 10.3. The van der Waals surface area contributed by atoms with Crippen LogP contribution in [0.1, 0.15) is 21.5 Å². The summed E-state index contributed by atoms with van der Waals surface area (Å²) in [5.41, 5.74) is 2.76. The lowest BCUT2D eigenvalue weighted by atomic mass is 10.1. The van der Waals surface area contributed by atoms with Crippen LogP contribution < -0.4 is 20.1 Å². The van der Waals surface area contributed by atoms with Crippen molar-refractivity contribution in [1.29, 1.82) is 0 Å². The van der Waals surface area contributed by atoms with E-state index in [1.54, 1.807) is 26.5 Å². The molecule has 6 heteroatoms. The van der Waals surface area contributed by atoms with Gasteiger partial charge in [0.2, 0.25) is 0 Å². The van der Waals surface area contributed by atoms with Crippen LogP contribution in [0.4, 0.5) is 5.82 Å². The van der Waals surface area contributed by atoms with E-state index in [1.165, 1.54) is 5.56 Å². The lowest BCUT2D eigenvalue weighted by Gasteiger charge is -2.10. The Morgan fingerprint density at radius 1 is 0.931 bits per heavy atom. The second-order valence-electron chi connectivity index (χ2n) is 6.47. The number of amides is 1. The Balaban J connectivity index is 1.48. The Morgan fingerprint density at radius 3 is 2.41 bits per heavy atom. The fourth-order valence-corrected chi connectivity index (χ4v) is 2.88. The Labute approximate surface area is 170 Å². The lowest BCUT2D eigenvalue weighted by molar-refractivity contribution is 0.0954. The second-order valence-corrected chi connectivity index (χ2v) is 6.47. The van der Waals surface area contributed by atoms with Gasteiger partial charge in [0.1, 0.15) is 5.82 Å². The maximum Gasteiger partial charge on any atom is 0.252 e. The predicted molar refractivity (Wildman–Crippen MR) is 114 cm³/mol. The molecule has 1 amide bonds. The summed E-state index contributed by atoms with van der Waals surface area (Å²) in [5, 5.41) is 6.17. The van der Waals surface area contributed by atoms with Crippen molar-refractivity contribution in [3.8, 4) is 11.5 Å². The van der Waals surface area contributed by atoms with Crippen molar-refractivity contribution in [2.75, 3.05) is 26.1 Å². The van der Waals surface area contributed by atoms with Crippen LogP contribution in [0, 0.1) is 0 Å². The van der Waals surface area contributed by atoms with E-state index in [2.05, 4.69) is 15.6 Å². The monoisotopic (exact) mass is 391 g/mol. The minimum atomic E-state index is -0.146. The molecular weight excluding hydrogens is 366 g/mol. The highest BCUT2D eigenvalue weighted by atomic mass is 16.5. The number of aromatic nitrogens is 1. The van der Waals surface area contributed by atoms with Gasteiger partial charge < -0.3 is 20.1 Å². The minimum Gasteiger partial charge on any atom is -0.493 e. The molecule has 29 heavy (non-hydrogen) atoms. The van der Waals surface area contributed by atoms with Crippen LogP contribution in [0.2, 0.25) is 0 Å². The molecule has 3 aromatic rings. The molecule has 0 saturated carbocycles. The molecule has 0 atom stereocenters. The molecule has 2 aromatic carbocycles. The van der Waals surface area contributed by atoms with Gasteiger partial charge in [-0.2, -0.15) is 0 Å². The summed E-state index contributed by atoms with van der Waals surface area (Å²) in [7, 11) is 3.21. The summed E-state index contributed by atoms with van der Waals surface area (Å²) in [6, 6.07) is 19.4. The lowest BCUT2D eigenvalue weighted by Crippen LogP contribution is -2.25. The van der Waals surface area contributed by atoms with E-state index in [-0.39, 0.29) is 5.91 Å². The third-order valence-corrected chi connectivity index (χ3v) is 4.49. The highest BCUT2D eigenvalue weighted by Crippen LogP contribution is 2.27. The molecule has 2 N–H and O–H groups in total. The zero-order valence-electron chi connectivity index (χ0n) is 16.6. The Bertz CT molecular complexity index is 928. The molecular formula is C23H25N3O3. The van der Waals surface area contributed by atoms with Gasteiger partial charge in [0, 0.05) is 19.3 Å². The van der Waals surface area contributed by atoms with Crippen LogP contribution in [-0.4, -0.2) is 31.7 Å². The van der Waals surface area contributed by atoms with E-state index in [4.69, 9.17) is 9.47 Å². The highest BCUT2D eigenvalue weighted by molar-refractivity contribution is 5.94. The molecule has 1 aromatic heterocycles. The number of rotatable bonds is 9. The minimum absolute atomic E-state index is 0.146. The van der Waals surface area contributed by atoms with Crippen LogP contribution in [-0.2, 0) is 13.0 Å². The number of carbonyl (C=O) groups excluding carboxylic acids is 1. The van der Waals surface area contributed by atoms with Crippen LogP contribution in [0.5, 0.6) is 11.5 Å². The van der Waals surface area contributed by atoms with Gasteiger partial charge in [-0.25, -0.2) is 4.98 Å². The average molecular weight is 391 g/mol. The average Bonchev–Trinajstić information content (AvgIpc) is 2.78. The molecule has 0 spiro atoms. The Morgan fingerprint density at radius 2 is 1.72 bits per heavy atom. The fraction of sp³-hybridized carbons (Fsp3) is 0.217. The van der Waals surface area contributed by atoms with Gasteiger partial charge in [0.05, 0.1) is 19.8 Å². The molecule has 6 nitrogen and oxygen atoms in total. The summed E-state index contributed by atoms with van der Waals surface area (Å²) >= 11 is 0. The van der Waals surface area contributed by atoms with E-state index >= 15 is 0 Å². The first kappa shape index (κ1) is 20.2. The van der Waals surface area contributed by atoms with Crippen molar-refractivity contribution in [3.05, 3.63) is 83.6 Å². The smallest absolute Gasteiger partial charge is 0.252 e. The van der Waals surface area contributed by atoms with Crippen molar-refractivity contribution < 1.29 is 14.3 Å². The third-order valence-electron chi connectivity index (χ3n) is 4.49. The first-order valence-corrected chi connectivity index (χ1v) is 9.42. The van der Waals surface area contributed by atoms with Crippen LogP contribution in [0.3, 0.4) is 0 Å². The molecule has 0 aliphatic carbocycles. The summed E-state index contributed by atoms with van der Waals surface area (Å²) in [6.45, 7) is 1.20. The number of nitrogens with zero attached hydrogens (tertiary/aromatic N) is 1. The van der Waals surface area contributed by atoms with Gasteiger partial charge in [-0.3, -0.25) is 4.79 Å². The Hall–Kier alpha value is -3.54. The summed E-state index contributed by atoms with van der Waals surface area (Å²) in [6.07, 6.45) is 2.27. The number of anilines is 1. The number of nitrogens with one attached hydrogen (secondary N) is 2. The van der Waals surface area contributed by atoms with Crippen molar-refractivity contribution in [1.82, 2.24) is 10.3 Å². The largest absolute Gasteiger partial charge is 0.493 e. The van der Waals surface area contributed by atoms with Crippen molar-refractivity contribution in [2.24, 2.45) is 0 Å². The molecule has 0 unspecified atom stereocenters. The van der Waals surface area contributed by atoms with Gasteiger partial charge in [0.15, 0.2) is 11.5 Å². The first-order valence-electron chi connectivity index (χ1n) is 9.42. The van der Waals surface area contributed by atoms with Crippen molar-refractivity contribution in [3.63, 3.8) is 0 Å². The predicted octanol–water partition coefficient (Wildman–Crippen LogP) is 3.68. The third kappa shape index (κ3) is 5.72. The first-order chi connectivity index (χ1) is 14.2. The van der Waals surface area contributed by atoms with E-state index < -0.39 is 0 Å². The van der Waals surface area contributed by atoms with Crippen LogP contribution in [0.15, 0.2) is 66.9 Å². The SMILES string of the molecule is COc1ccc(CCNC(=O)c2ccc(NCc3ccccc3)nc2)cc1OC. The maximum absolute atomic E-state index is 12.3. The molecule has 0 aliphatic heterocycles. The topological polar surface area (TPSA) is 72.5 Å². The summed E-state index contributed by atoms with van der Waals surface area (Å²) < 4.78 is 10.5. The maximum atomic E-state index is 12.3. The molecule has 0 saturated heterocycles. The molecule has 0 bridgehead atoms. The molecule has 0 fully saturated rings. The number of carbonyl (C=O) groups is 1. The molecule has 0 aliphatic rings. The number of methoxy groups -OCH3 is 2. The summed E-state index contributed by atoms with van der Waals surface area (Å²) in [4.78, 5) is 16.7. The molecule has 150 valence electrons. The van der Waals surface area contributed by atoms with Gasteiger partial charge in [-0.1, -0.05) is 36.4 Å². The summed E-state index contributed by atoms with van der Waals surface area (Å²) in [5.74, 6) is 1.95. The number of ether oxygens (including phenoxy) is 2. The molecule has 1 heterocycles. The van der Waals surface area contributed by atoms with E-state index in [9.17, 15) is 4.79 Å². The van der Waals surface area contributed by atoms with Gasteiger partial charge in [0.25, 0.3) is 5.91 Å².